The number of hydrogen-bond acceptors (Lipinski definition) is 1. The van der Waals surface area contributed by atoms with Crippen LogP contribution in [0.3, 0.4) is 0 Å². The first-order valence-corrected chi connectivity index (χ1v) is 2.35. The van der Waals surface area contributed by atoms with Gasteiger partial charge in [-0.05, 0) is 0 Å². The minimum Gasteiger partial charge on any atom is -0.412 e. The largest absolute Gasteiger partial charge is 0.466 e. The van der Waals surface area contributed by atoms with Crippen LogP contribution in [-0.4, -0.2) is 20.2 Å². The Morgan fingerprint density at radius 1 is 1.12 bits per heavy atom. The van der Waals surface area contributed by atoms with Crippen LogP contribution < -0.4 is 0 Å². The first-order chi connectivity index (χ1) is 2.00. The van der Waals surface area contributed by atoms with E-state index in [9.17, 15) is 0 Å². The molecule has 5 N–H and O–H groups in total. The Balaban J connectivity index is -0.0000000267. The van der Waals surface area contributed by atoms with Crippen LogP contribution in [0.25, 0.3) is 0 Å². The zero-order valence-corrected chi connectivity index (χ0v) is 6.39. The van der Waals surface area contributed by atoms with E-state index < -0.39 is 7.82 Å². The molecule has 0 aliphatic carbocycles. The second-order valence-electron chi connectivity index (χ2n) is 0.513. The van der Waals surface area contributed by atoms with Gasteiger partial charge in [-0.25, -0.2) is 4.57 Å². The summed E-state index contributed by atoms with van der Waals surface area (Å²) in [4.78, 5) is 21.6. The van der Waals surface area contributed by atoms with Gasteiger partial charge in [0.2, 0.25) is 0 Å². The van der Waals surface area contributed by atoms with Crippen molar-refractivity contribution in [3.05, 3.63) is 0 Å². The third-order valence-corrected chi connectivity index (χ3v) is 0. The van der Waals surface area contributed by atoms with Crippen molar-refractivity contribution in [3.8, 4) is 0 Å². The van der Waals surface area contributed by atoms with Gasteiger partial charge in [-0.1, -0.05) is 0 Å². The molecule has 0 aromatic heterocycles. The monoisotopic (exact) mass is 234 g/mol. The van der Waals surface area contributed by atoms with Crippen molar-refractivity contribution in [1.82, 2.24) is 0 Å². The first kappa shape index (κ1) is 22.9. The molecule has 0 amide bonds. The molecule has 0 aromatic rings. The molecule has 0 heterocycles. The molecule has 0 unspecified atom stereocenters. The fourth-order valence-electron chi connectivity index (χ4n) is 0. The van der Waals surface area contributed by atoms with Gasteiger partial charge in [-0.15, -0.1) is 0 Å². The molecule has 8 heteroatoms. The third kappa shape index (κ3) is 216. The van der Waals surface area contributed by atoms with Crippen LogP contribution in [0.5, 0.6) is 0 Å². The van der Waals surface area contributed by atoms with E-state index in [0.29, 0.717) is 0 Å². The van der Waals surface area contributed by atoms with Gasteiger partial charge in [0.05, 0.1) is 0 Å². The summed E-state index contributed by atoms with van der Waals surface area (Å²) in [6.07, 6.45) is 0. The molecule has 5 nitrogen and oxygen atoms in total. The minimum atomic E-state index is -4.64. The summed E-state index contributed by atoms with van der Waals surface area (Å²) in [5.74, 6) is 0. The van der Waals surface area contributed by atoms with E-state index in [1.54, 1.807) is 0 Å². The maximum atomic E-state index is 8.88. The Morgan fingerprint density at radius 3 is 1.12 bits per heavy atom. The molecule has 0 spiro atoms. The van der Waals surface area contributed by atoms with Crippen LogP contribution in [0.4, 0.5) is 0 Å². The van der Waals surface area contributed by atoms with E-state index in [1.807, 2.05) is 0 Å². The van der Waals surface area contributed by atoms with Gasteiger partial charge in [0, 0.05) is 34.1 Å². The standard InChI is InChI=1S/Cu.Mn.H3O4P.H2O/c;;1-5(2,3)4;/h;;(H3,1,2,3,4);1H2. The quantitative estimate of drug-likeness (QED) is 0.341. The minimum absolute atomic E-state index is 0. The molecule has 0 atom stereocenters. The predicted octanol–water partition coefficient (Wildman–Crippen LogP) is -1.76. The molecule has 0 aromatic carbocycles. The van der Waals surface area contributed by atoms with Crippen molar-refractivity contribution in [2.45, 2.75) is 0 Å². The van der Waals surface area contributed by atoms with Crippen LogP contribution in [0.2, 0.25) is 0 Å². The number of rotatable bonds is 0. The number of hydrogen-bond donors (Lipinski definition) is 3. The summed E-state index contributed by atoms with van der Waals surface area (Å²) < 4.78 is 8.88. The SMILES string of the molecule is O.O=P(O)(O)O.[Cu].[Mn]. The van der Waals surface area contributed by atoms with Gasteiger partial charge in [0.1, 0.15) is 0 Å². The predicted molar refractivity (Wildman–Crippen MR) is 17.9 cm³/mol. The van der Waals surface area contributed by atoms with Crippen molar-refractivity contribution >= 4 is 7.82 Å². The van der Waals surface area contributed by atoms with Crippen molar-refractivity contribution in [2.24, 2.45) is 0 Å². The summed E-state index contributed by atoms with van der Waals surface area (Å²) in [5.41, 5.74) is 0. The molecule has 0 saturated carbocycles. The van der Waals surface area contributed by atoms with Gasteiger partial charge in [-0.2, -0.15) is 0 Å². The van der Waals surface area contributed by atoms with Crippen molar-refractivity contribution in [2.75, 3.05) is 0 Å². The first-order valence-electron chi connectivity index (χ1n) is 0.783. The normalized spacial score (nSPS) is 7.38. The van der Waals surface area contributed by atoms with E-state index in [1.165, 1.54) is 0 Å². The number of phosphoric acid groups is 1. The van der Waals surface area contributed by atoms with Crippen LogP contribution in [0.1, 0.15) is 0 Å². The summed E-state index contributed by atoms with van der Waals surface area (Å²) in [6, 6.07) is 0. The van der Waals surface area contributed by atoms with Gasteiger partial charge in [0.15, 0.2) is 0 Å². The maximum Gasteiger partial charge on any atom is 0.466 e. The summed E-state index contributed by atoms with van der Waals surface area (Å²) in [5, 5.41) is 0. The zero-order chi connectivity index (χ0) is 4.50. The van der Waals surface area contributed by atoms with Crippen molar-refractivity contribution in [3.63, 3.8) is 0 Å². The fourth-order valence-corrected chi connectivity index (χ4v) is 0. The molecule has 0 aliphatic heterocycles. The Hall–Kier alpha value is 1.11. The zero-order valence-electron chi connectivity index (χ0n) is 3.38. The van der Waals surface area contributed by atoms with Gasteiger partial charge in [-0.3, -0.25) is 0 Å². The summed E-state index contributed by atoms with van der Waals surface area (Å²) in [7, 11) is -4.64. The van der Waals surface area contributed by atoms with Gasteiger partial charge < -0.3 is 20.2 Å². The van der Waals surface area contributed by atoms with Crippen LogP contribution >= 0.6 is 7.82 Å². The molecule has 58 valence electrons. The van der Waals surface area contributed by atoms with Crippen molar-refractivity contribution in [1.29, 1.82) is 0 Å². The molecule has 0 rings (SSSR count). The van der Waals surface area contributed by atoms with Crippen LogP contribution in [-0.2, 0) is 38.7 Å². The molecule has 0 saturated heterocycles. The van der Waals surface area contributed by atoms with Crippen molar-refractivity contribution < 1.29 is 58.9 Å². The molecule has 0 aliphatic rings. The van der Waals surface area contributed by atoms with E-state index in [0.717, 1.165) is 0 Å². The Bertz CT molecular complexity index is 58.6. The maximum absolute atomic E-state index is 8.88. The Morgan fingerprint density at radius 2 is 1.12 bits per heavy atom. The second-order valence-corrected chi connectivity index (χ2v) is 1.54. The third-order valence-electron chi connectivity index (χ3n) is 0. The summed E-state index contributed by atoms with van der Waals surface area (Å²) in [6.45, 7) is 0. The molecule has 0 bridgehead atoms. The van der Waals surface area contributed by atoms with Gasteiger partial charge in [0.25, 0.3) is 0 Å². The van der Waals surface area contributed by atoms with E-state index in [2.05, 4.69) is 0 Å². The molecule has 8 heavy (non-hydrogen) atoms. The average Bonchev–Trinajstić information content (AvgIpc) is 0.722. The Kier molecular flexibility index (Phi) is 23.3. The fraction of sp³-hybridized carbons (Fsp3) is 0. The molecular weight excluding hydrogens is 229 g/mol. The van der Waals surface area contributed by atoms with E-state index in [-0.39, 0.29) is 39.6 Å². The molecular formula is H5CuMnO5P. The molecule has 0 fully saturated rings. The second kappa shape index (κ2) is 8.11. The summed E-state index contributed by atoms with van der Waals surface area (Å²) >= 11 is 0. The van der Waals surface area contributed by atoms with Crippen LogP contribution in [0.15, 0.2) is 0 Å². The Labute approximate surface area is 67.0 Å². The topological polar surface area (TPSA) is 109 Å². The smallest absolute Gasteiger partial charge is 0.412 e. The van der Waals surface area contributed by atoms with E-state index >= 15 is 0 Å². The van der Waals surface area contributed by atoms with E-state index in [4.69, 9.17) is 19.2 Å². The van der Waals surface area contributed by atoms with Crippen LogP contribution in [0, 0.1) is 0 Å². The average molecular weight is 234 g/mol. The van der Waals surface area contributed by atoms with Gasteiger partial charge >= 0.3 is 7.82 Å². The molecule has 2 radical (unpaired) electrons.